The molecule has 0 amide bonds. The minimum atomic E-state index is -0.270. The van der Waals surface area contributed by atoms with E-state index in [1.54, 1.807) is 12.1 Å². The van der Waals surface area contributed by atoms with Gasteiger partial charge in [0.15, 0.2) is 0 Å². The van der Waals surface area contributed by atoms with Gasteiger partial charge < -0.3 is 4.74 Å². The van der Waals surface area contributed by atoms with Crippen molar-refractivity contribution in [2.75, 3.05) is 0 Å². The SMILES string of the molecule is Cc1cc(Cl)ccc1OCc1ccc(F)cc1Br. The van der Waals surface area contributed by atoms with Gasteiger partial charge in [0.2, 0.25) is 0 Å². The number of hydrogen-bond acceptors (Lipinski definition) is 1. The van der Waals surface area contributed by atoms with Crippen molar-refractivity contribution in [3.8, 4) is 5.75 Å². The molecule has 0 unspecified atom stereocenters. The lowest BCUT2D eigenvalue weighted by Crippen LogP contribution is -1.98. The molecule has 2 rings (SSSR count). The van der Waals surface area contributed by atoms with Gasteiger partial charge in [-0.05, 0) is 42.8 Å². The van der Waals surface area contributed by atoms with Gasteiger partial charge in [0.05, 0.1) is 0 Å². The zero-order valence-corrected chi connectivity index (χ0v) is 12.1. The van der Waals surface area contributed by atoms with E-state index in [0.29, 0.717) is 16.1 Å². The molecule has 18 heavy (non-hydrogen) atoms. The summed E-state index contributed by atoms with van der Waals surface area (Å²) in [4.78, 5) is 0. The van der Waals surface area contributed by atoms with E-state index in [0.717, 1.165) is 16.9 Å². The van der Waals surface area contributed by atoms with E-state index in [4.69, 9.17) is 16.3 Å². The van der Waals surface area contributed by atoms with Crippen molar-refractivity contribution in [1.82, 2.24) is 0 Å². The maximum atomic E-state index is 12.9. The van der Waals surface area contributed by atoms with E-state index >= 15 is 0 Å². The lowest BCUT2D eigenvalue weighted by atomic mass is 10.2. The third-order valence-corrected chi connectivity index (χ3v) is 3.51. The highest BCUT2D eigenvalue weighted by Crippen LogP contribution is 2.24. The highest BCUT2D eigenvalue weighted by atomic mass is 79.9. The van der Waals surface area contributed by atoms with E-state index in [-0.39, 0.29) is 5.82 Å². The Labute approximate surface area is 119 Å². The zero-order chi connectivity index (χ0) is 13.1. The van der Waals surface area contributed by atoms with Gasteiger partial charge in [-0.25, -0.2) is 4.39 Å². The van der Waals surface area contributed by atoms with Crippen molar-refractivity contribution in [2.45, 2.75) is 13.5 Å². The third kappa shape index (κ3) is 3.24. The number of halogens is 3. The quantitative estimate of drug-likeness (QED) is 0.758. The molecule has 0 atom stereocenters. The maximum Gasteiger partial charge on any atom is 0.124 e. The summed E-state index contributed by atoms with van der Waals surface area (Å²) >= 11 is 9.18. The second kappa shape index (κ2) is 5.72. The van der Waals surface area contributed by atoms with Crippen LogP contribution in [0.5, 0.6) is 5.75 Å². The first-order valence-electron chi connectivity index (χ1n) is 5.39. The van der Waals surface area contributed by atoms with Crippen LogP contribution in [0.15, 0.2) is 40.9 Å². The van der Waals surface area contributed by atoms with Crippen LogP contribution < -0.4 is 4.74 Å². The Hall–Kier alpha value is -1.06. The minimum Gasteiger partial charge on any atom is -0.489 e. The maximum absolute atomic E-state index is 12.9. The van der Waals surface area contributed by atoms with Crippen molar-refractivity contribution >= 4 is 27.5 Å². The molecular weight excluding hydrogens is 319 g/mol. The molecule has 1 nitrogen and oxygen atoms in total. The van der Waals surface area contributed by atoms with Gasteiger partial charge in [0.25, 0.3) is 0 Å². The first-order chi connectivity index (χ1) is 8.56. The number of benzene rings is 2. The van der Waals surface area contributed by atoms with E-state index in [1.165, 1.54) is 12.1 Å². The molecule has 0 N–H and O–H groups in total. The fourth-order valence-corrected chi connectivity index (χ4v) is 2.26. The van der Waals surface area contributed by atoms with Crippen LogP contribution in [-0.4, -0.2) is 0 Å². The minimum absolute atomic E-state index is 0.270. The molecule has 0 aliphatic heterocycles. The molecule has 0 aromatic heterocycles. The van der Waals surface area contributed by atoms with Crippen LogP contribution in [0.3, 0.4) is 0 Å². The molecule has 2 aromatic carbocycles. The topological polar surface area (TPSA) is 9.23 Å². The Kier molecular flexibility index (Phi) is 4.25. The average molecular weight is 330 g/mol. The summed E-state index contributed by atoms with van der Waals surface area (Å²) in [5.41, 5.74) is 1.87. The second-order valence-corrected chi connectivity index (χ2v) is 5.22. The van der Waals surface area contributed by atoms with Gasteiger partial charge in [-0.3, -0.25) is 0 Å². The molecule has 0 saturated carbocycles. The summed E-state index contributed by atoms with van der Waals surface area (Å²) in [6, 6.07) is 9.99. The molecule has 0 radical (unpaired) electrons. The summed E-state index contributed by atoms with van der Waals surface area (Å²) in [6.07, 6.45) is 0. The summed E-state index contributed by atoms with van der Waals surface area (Å²) < 4.78 is 19.3. The van der Waals surface area contributed by atoms with Crippen LogP contribution in [0, 0.1) is 12.7 Å². The first-order valence-corrected chi connectivity index (χ1v) is 6.56. The molecule has 0 spiro atoms. The molecule has 0 bridgehead atoms. The highest BCUT2D eigenvalue weighted by molar-refractivity contribution is 9.10. The van der Waals surface area contributed by atoms with Gasteiger partial charge in [0, 0.05) is 15.1 Å². The van der Waals surface area contributed by atoms with Crippen LogP contribution in [0.2, 0.25) is 5.02 Å². The Balaban J connectivity index is 2.11. The Morgan fingerprint density at radius 3 is 2.67 bits per heavy atom. The number of hydrogen-bond donors (Lipinski definition) is 0. The van der Waals surface area contributed by atoms with E-state index in [1.807, 2.05) is 19.1 Å². The molecule has 0 saturated heterocycles. The summed E-state index contributed by atoms with van der Waals surface area (Å²) in [5.74, 6) is 0.504. The largest absolute Gasteiger partial charge is 0.489 e. The van der Waals surface area contributed by atoms with Crippen molar-refractivity contribution in [2.24, 2.45) is 0 Å². The summed E-state index contributed by atoms with van der Waals surface area (Å²) in [6.45, 7) is 2.31. The molecule has 94 valence electrons. The average Bonchev–Trinajstić information content (AvgIpc) is 2.30. The molecule has 0 aliphatic rings. The van der Waals surface area contributed by atoms with E-state index < -0.39 is 0 Å². The Morgan fingerprint density at radius 1 is 1.22 bits per heavy atom. The molecule has 2 aromatic rings. The van der Waals surface area contributed by atoms with E-state index in [2.05, 4.69) is 15.9 Å². The summed E-state index contributed by atoms with van der Waals surface area (Å²) in [5, 5.41) is 0.683. The van der Waals surface area contributed by atoms with Crippen LogP contribution in [0.1, 0.15) is 11.1 Å². The number of rotatable bonds is 3. The fraction of sp³-hybridized carbons (Fsp3) is 0.143. The highest BCUT2D eigenvalue weighted by Gasteiger charge is 2.04. The Bertz CT molecular complexity index is 520. The molecule has 0 fully saturated rings. The van der Waals surface area contributed by atoms with Crippen molar-refractivity contribution in [3.05, 3.63) is 62.8 Å². The van der Waals surface area contributed by atoms with Crippen LogP contribution >= 0.6 is 27.5 Å². The van der Waals surface area contributed by atoms with Crippen LogP contribution in [0.4, 0.5) is 4.39 Å². The van der Waals surface area contributed by atoms with Crippen molar-refractivity contribution < 1.29 is 9.13 Å². The van der Waals surface area contributed by atoms with Crippen molar-refractivity contribution in [3.63, 3.8) is 0 Å². The lowest BCUT2D eigenvalue weighted by molar-refractivity contribution is 0.303. The van der Waals surface area contributed by atoms with Crippen LogP contribution in [-0.2, 0) is 6.61 Å². The number of ether oxygens (including phenoxy) is 1. The molecule has 0 aliphatic carbocycles. The van der Waals surface area contributed by atoms with Crippen LogP contribution in [0.25, 0.3) is 0 Å². The smallest absolute Gasteiger partial charge is 0.124 e. The summed E-state index contributed by atoms with van der Waals surface area (Å²) in [7, 11) is 0. The van der Waals surface area contributed by atoms with Gasteiger partial charge >= 0.3 is 0 Å². The fourth-order valence-electron chi connectivity index (χ4n) is 1.57. The van der Waals surface area contributed by atoms with Gasteiger partial charge in [-0.1, -0.05) is 33.6 Å². The van der Waals surface area contributed by atoms with E-state index in [9.17, 15) is 4.39 Å². The molecule has 0 heterocycles. The van der Waals surface area contributed by atoms with Crippen molar-refractivity contribution in [1.29, 1.82) is 0 Å². The third-order valence-electron chi connectivity index (χ3n) is 2.54. The van der Waals surface area contributed by atoms with Gasteiger partial charge in [0.1, 0.15) is 18.2 Å². The monoisotopic (exact) mass is 328 g/mol. The molecule has 4 heteroatoms. The van der Waals surface area contributed by atoms with Gasteiger partial charge in [-0.2, -0.15) is 0 Å². The number of aryl methyl sites for hydroxylation is 1. The predicted molar refractivity (Wildman–Crippen MR) is 74.6 cm³/mol. The standard InChI is InChI=1S/C14H11BrClFO/c1-9-6-11(16)3-5-14(9)18-8-10-2-4-12(17)7-13(10)15/h2-7H,8H2,1H3. The lowest BCUT2D eigenvalue weighted by Gasteiger charge is -2.10. The predicted octanol–water partition coefficient (Wildman–Crippen LogP) is 5.13. The first kappa shape index (κ1) is 13.4. The molecular formula is C14H11BrClFO. The second-order valence-electron chi connectivity index (χ2n) is 3.93. The van der Waals surface area contributed by atoms with Gasteiger partial charge in [-0.15, -0.1) is 0 Å². The Morgan fingerprint density at radius 2 is 2.00 bits per heavy atom. The normalized spacial score (nSPS) is 10.4. The zero-order valence-electron chi connectivity index (χ0n) is 9.71.